The van der Waals surface area contributed by atoms with Gasteiger partial charge in [-0.05, 0) is 32.8 Å². The highest BCUT2D eigenvalue weighted by Gasteiger charge is 2.24. The van der Waals surface area contributed by atoms with Crippen molar-refractivity contribution in [3.8, 4) is 6.07 Å². The largest absolute Gasteiger partial charge is 0.382 e. The van der Waals surface area contributed by atoms with Crippen molar-refractivity contribution in [3.05, 3.63) is 34.8 Å². The highest BCUT2D eigenvalue weighted by atomic mass is 15.2. The number of aryl methyl sites for hydroxylation is 2. The second kappa shape index (κ2) is 5.68. The third-order valence-corrected chi connectivity index (χ3v) is 4.31. The van der Waals surface area contributed by atoms with E-state index in [4.69, 9.17) is 5.73 Å². The van der Waals surface area contributed by atoms with Crippen molar-refractivity contribution in [1.29, 1.82) is 5.26 Å². The van der Waals surface area contributed by atoms with E-state index in [9.17, 15) is 5.26 Å². The van der Waals surface area contributed by atoms with Crippen molar-refractivity contribution in [3.63, 3.8) is 0 Å². The standard InChI is InChI=1S/C16H20N6/c1-10-7-15(13(9-17)11(2)19-10)22-5-3-12(4-6-22)14-8-16(18)21-20-14/h7-8,12H,3-6H2,1-2H3,(H3,18,20,21). The van der Waals surface area contributed by atoms with Gasteiger partial charge in [0.2, 0.25) is 0 Å². The van der Waals surface area contributed by atoms with Crippen molar-refractivity contribution in [1.82, 2.24) is 15.2 Å². The number of hydrogen-bond acceptors (Lipinski definition) is 5. The number of nitrogens with zero attached hydrogens (tertiary/aromatic N) is 4. The van der Waals surface area contributed by atoms with Crippen LogP contribution in [-0.2, 0) is 0 Å². The summed E-state index contributed by atoms with van der Waals surface area (Å²) in [5.74, 6) is 1.00. The quantitative estimate of drug-likeness (QED) is 0.886. The molecule has 0 aliphatic carbocycles. The number of anilines is 2. The van der Waals surface area contributed by atoms with Crippen LogP contribution in [0.25, 0.3) is 0 Å². The third-order valence-electron chi connectivity index (χ3n) is 4.31. The minimum atomic E-state index is 0.454. The average molecular weight is 296 g/mol. The van der Waals surface area contributed by atoms with E-state index < -0.39 is 0 Å². The van der Waals surface area contributed by atoms with Gasteiger partial charge in [-0.15, -0.1) is 0 Å². The number of aromatic nitrogens is 3. The van der Waals surface area contributed by atoms with E-state index >= 15 is 0 Å². The summed E-state index contributed by atoms with van der Waals surface area (Å²) in [5, 5.41) is 16.4. The molecule has 3 heterocycles. The lowest BCUT2D eigenvalue weighted by atomic mass is 9.93. The molecule has 22 heavy (non-hydrogen) atoms. The fraction of sp³-hybridized carbons (Fsp3) is 0.438. The summed E-state index contributed by atoms with van der Waals surface area (Å²) in [6, 6.07) is 6.23. The average Bonchev–Trinajstić information content (AvgIpc) is 2.93. The number of aromatic amines is 1. The van der Waals surface area contributed by atoms with Gasteiger partial charge in [0.05, 0.1) is 16.9 Å². The lowest BCUT2D eigenvalue weighted by molar-refractivity contribution is 0.495. The zero-order valence-corrected chi connectivity index (χ0v) is 12.9. The first-order chi connectivity index (χ1) is 10.6. The Labute approximate surface area is 130 Å². The van der Waals surface area contributed by atoms with Crippen molar-refractivity contribution >= 4 is 11.5 Å². The van der Waals surface area contributed by atoms with E-state index in [1.54, 1.807) is 0 Å². The van der Waals surface area contributed by atoms with Crippen molar-refractivity contribution in [2.75, 3.05) is 23.7 Å². The topological polar surface area (TPSA) is 94.6 Å². The molecule has 2 aromatic rings. The Morgan fingerprint density at radius 3 is 2.64 bits per heavy atom. The Kier molecular flexibility index (Phi) is 3.72. The van der Waals surface area contributed by atoms with Crippen LogP contribution in [-0.4, -0.2) is 28.3 Å². The lowest BCUT2D eigenvalue weighted by Crippen LogP contribution is -2.33. The Hall–Kier alpha value is -2.55. The second-order valence-corrected chi connectivity index (χ2v) is 5.86. The molecule has 114 valence electrons. The van der Waals surface area contributed by atoms with Crippen LogP contribution >= 0.6 is 0 Å². The smallest absolute Gasteiger partial charge is 0.145 e. The first-order valence-corrected chi connectivity index (χ1v) is 7.52. The second-order valence-electron chi connectivity index (χ2n) is 5.86. The number of rotatable bonds is 2. The summed E-state index contributed by atoms with van der Waals surface area (Å²) >= 11 is 0. The van der Waals surface area contributed by atoms with Crippen LogP contribution in [0.3, 0.4) is 0 Å². The van der Waals surface area contributed by atoms with E-state index in [1.165, 1.54) is 0 Å². The Bertz CT molecular complexity index is 719. The number of nitrogens with two attached hydrogens (primary N) is 1. The fourth-order valence-corrected chi connectivity index (χ4v) is 3.19. The SMILES string of the molecule is Cc1cc(N2CCC(c3cc(N)n[nH]3)CC2)c(C#N)c(C)n1. The van der Waals surface area contributed by atoms with Crippen LogP contribution in [0, 0.1) is 25.2 Å². The Balaban J connectivity index is 1.78. The van der Waals surface area contributed by atoms with Crippen LogP contribution in [0.1, 0.15) is 41.4 Å². The first-order valence-electron chi connectivity index (χ1n) is 7.52. The molecule has 0 amide bonds. The number of nitriles is 1. The molecule has 1 saturated heterocycles. The molecular weight excluding hydrogens is 276 g/mol. The molecule has 1 fully saturated rings. The van der Waals surface area contributed by atoms with Crippen LogP contribution < -0.4 is 10.6 Å². The number of hydrogen-bond donors (Lipinski definition) is 2. The molecule has 0 spiro atoms. The van der Waals surface area contributed by atoms with Gasteiger partial charge in [-0.1, -0.05) is 0 Å². The summed E-state index contributed by atoms with van der Waals surface area (Å²) in [6.07, 6.45) is 2.04. The minimum Gasteiger partial charge on any atom is -0.382 e. The van der Waals surface area contributed by atoms with E-state index in [-0.39, 0.29) is 0 Å². The van der Waals surface area contributed by atoms with E-state index in [0.29, 0.717) is 17.3 Å². The molecule has 0 atom stereocenters. The molecule has 1 aliphatic heterocycles. The van der Waals surface area contributed by atoms with Crippen LogP contribution in [0.15, 0.2) is 12.1 Å². The monoisotopic (exact) mass is 296 g/mol. The van der Waals surface area contributed by atoms with Gasteiger partial charge in [0.1, 0.15) is 11.9 Å². The maximum Gasteiger partial charge on any atom is 0.145 e. The van der Waals surface area contributed by atoms with Gasteiger partial charge in [0, 0.05) is 36.5 Å². The molecule has 2 aromatic heterocycles. The molecule has 6 nitrogen and oxygen atoms in total. The maximum absolute atomic E-state index is 9.41. The van der Waals surface area contributed by atoms with Crippen LogP contribution in [0.2, 0.25) is 0 Å². The zero-order valence-electron chi connectivity index (χ0n) is 12.9. The highest BCUT2D eigenvalue weighted by molar-refractivity contribution is 5.62. The van der Waals surface area contributed by atoms with Gasteiger partial charge in [-0.3, -0.25) is 10.1 Å². The molecule has 0 radical (unpaired) electrons. The van der Waals surface area contributed by atoms with Gasteiger partial charge < -0.3 is 10.6 Å². The Morgan fingerprint density at radius 1 is 1.32 bits per heavy atom. The molecular formula is C16H20N6. The number of piperidine rings is 1. The summed E-state index contributed by atoms with van der Waals surface area (Å²) < 4.78 is 0. The molecule has 0 saturated carbocycles. The number of nitrogens with one attached hydrogen (secondary N) is 1. The van der Waals surface area contributed by atoms with Gasteiger partial charge in [0.25, 0.3) is 0 Å². The summed E-state index contributed by atoms with van der Waals surface area (Å²) in [5.41, 5.74) is 10.2. The number of H-pyrrole nitrogens is 1. The summed E-state index contributed by atoms with van der Waals surface area (Å²) in [7, 11) is 0. The molecule has 0 bridgehead atoms. The van der Waals surface area contributed by atoms with Crippen molar-refractivity contribution < 1.29 is 0 Å². The van der Waals surface area contributed by atoms with Gasteiger partial charge in [-0.2, -0.15) is 10.4 Å². The highest BCUT2D eigenvalue weighted by Crippen LogP contribution is 2.32. The minimum absolute atomic E-state index is 0.454. The molecule has 0 unspecified atom stereocenters. The fourth-order valence-electron chi connectivity index (χ4n) is 3.19. The van der Waals surface area contributed by atoms with E-state index in [0.717, 1.165) is 48.7 Å². The third kappa shape index (κ3) is 2.62. The first kappa shape index (κ1) is 14.4. The zero-order chi connectivity index (χ0) is 15.7. The molecule has 3 N–H and O–H groups in total. The lowest BCUT2D eigenvalue weighted by Gasteiger charge is -2.34. The Morgan fingerprint density at radius 2 is 2.05 bits per heavy atom. The normalized spacial score (nSPS) is 15.8. The maximum atomic E-state index is 9.41. The van der Waals surface area contributed by atoms with Crippen LogP contribution in [0.4, 0.5) is 11.5 Å². The predicted molar refractivity (Wildman–Crippen MR) is 85.6 cm³/mol. The van der Waals surface area contributed by atoms with Gasteiger partial charge in [-0.25, -0.2) is 0 Å². The predicted octanol–water partition coefficient (Wildman–Crippen LogP) is 2.26. The van der Waals surface area contributed by atoms with Crippen molar-refractivity contribution in [2.45, 2.75) is 32.6 Å². The van der Waals surface area contributed by atoms with E-state index in [2.05, 4.69) is 26.2 Å². The van der Waals surface area contributed by atoms with E-state index in [1.807, 2.05) is 26.0 Å². The molecule has 6 heteroatoms. The van der Waals surface area contributed by atoms with Gasteiger partial charge in [0.15, 0.2) is 0 Å². The number of pyridine rings is 1. The van der Waals surface area contributed by atoms with Crippen LogP contribution in [0.5, 0.6) is 0 Å². The van der Waals surface area contributed by atoms with Crippen molar-refractivity contribution in [2.24, 2.45) is 0 Å². The number of nitrogen functional groups attached to an aromatic ring is 1. The summed E-state index contributed by atoms with van der Waals surface area (Å²) in [6.45, 7) is 5.70. The van der Waals surface area contributed by atoms with Gasteiger partial charge >= 0.3 is 0 Å². The summed E-state index contributed by atoms with van der Waals surface area (Å²) in [4.78, 5) is 6.68. The molecule has 0 aromatic carbocycles. The molecule has 1 aliphatic rings. The molecule has 3 rings (SSSR count).